The molecule has 2 fully saturated rings. The Morgan fingerprint density at radius 1 is 1.38 bits per heavy atom. The number of rotatable bonds is 4. The number of thiazole rings is 1. The van der Waals surface area contributed by atoms with E-state index in [1.165, 1.54) is 11.3 Å². The average molecular weight is 349 g/mol. The molecule has 0 bridgehead atoms. The van der Waals surface area contributed by atoms with E-state index in [0.29, 0.717) is 27.7 Å². The number of aliphatic hydroxyl groups excluding tert-OH is 1. The van der Waals surface area contributed by atoms with Crippen molar-refractivity contribution in [1.82, 2.24) is 19.7 Å². The van der Waals surface area contributed by atoms with E-state index in [-0.39, 0.29) is 30.4 Å². The number of aryl methyl sites for hydroxylation is 1. The van der Waals surface area contributed by atoms with Gasteiger partial charge in [-0.2, -0.15) is 10.1 Å². The largest absolute Gasteiger partial charge is 0.394 e. The van der Waals surface area contributed by atoms with E-state index < -0.39 is 0 Å². The van der Waals surface area contributed by atoms with Crippen molar-refractivity contribution < 1.29 is 14.7 Å². The lowest BCUT2D eigenvalue weighted by Gasteiger charge is -2.21. The maximum atomic E-state index is 12.8. The minimum absolute atomic E-state index is 0.00483. The zero-order valence-electron chi connectivity index (χ0n) is 13.4. The summed E-state index contributed by atoms with van der Waals surface area (Å²) >= 11 is 1.28. The van der Waals surface area contributed by atoms with Gasteiger partial charge in [0.15, 0.2) is 16.5 Å². The van der Waals surface area contributed by atoms with Crippen molar-refractivity contribution in [1.29, 1.82) is 0 Å². The predicted octanol–water partition coefficient (Wildman–Crippen LogP) is 0.975. The summed E-state index contributed by atoms with van der Waals surface area (Å²) in [4.78, 5) is 30.8. The van der Waals surface area contributed by atoms with E-state index in [2.05, 4.69) is 15.4 Å². The lowest BCUT2D eigenvalue weighted by molar-refractivity contribution is -0.117. The molecule has 1 saturated carbocycles. The van der Waals surface area contributed by atoms with E-state index in [1.54, 1.807) is 16.6 Å². The average Bonchev–Trinajstić information content (AvgIpc) is 3.05. The van der Waals surface area contributed by atoms with Crippen LogP contribution in [0.3, 0.4) is 0 Å². The molecule has 24 heavy (non-hydrogen) atoms. The van der Waals surface area contributed by atoms with Crippen LogP contribution in [-0.4, -0.2) is 55.8 Å². The number of hydrogen-bond acceptors (Lipinski definition) is 6. The number of hydrogen-bond donors (Lipinski definition) is 2. The molecule has 1 aliphatic carbocycles. The van der Waals surface area contributed by atoms with Crippen molar-refractivity contribution in [2.45, 2.75) is 31.7 Å². The van der Waals surface area contributed by atoms with Gasteiger partial charge in [0.25, 0.3) is 5.91 Å². The fourth-order valence-corrected chi connectivity index (χ4v) is 4.07. The molecule has 1 saturated heterocycles. The van der Waals surface area contributed by atoms with E-state index in [4.69, 9.17) is 0 Å². The molecule has 4 rings (SSSR count). The Bertz CT molecular complexity index is 809. The fraction of sp³-hybridized carbons (Fsp3) is 0.600. The molecule has 0 aromatic carbocycles. The molecule has 0 radical (unpaired) electrons. The molecule has 1 atom stereocenters. The number of aromatic nitrogens is 3. The monoisotopic (exact) mass is 349 g/mol. The number of fused-ring (bicyclic) bond motifs is 1. The van der Waals surface area contributed by atoms with Gasteiger partial charge in [-0.15, -0.1) is 0 Å². The van der Waals surface area contributed by atoms with Crippen LogP contribution < -0.4 is 5.32 Å². The Labute approximate surface area is 142 Å². The highest BCUT2D eigenvalue weighted by atomic mass is 32.1. The summed E-state index contributed by atoms with van der Waals surface area (Å²) in [6.07, 6.45) is 3.56. The number of nitrogens with zero attached hydrogens (tertiary/aromatic N) is 4. The summed E-state index contributed by atoms with van der Waals surface area (Å²) in [5.41, 5.74) is 0.937. The third-order valence-electron chi connectivity index (χ3n) is 4.61. The van der Waals surface area contributed by atoms with Gasteiger partial charge in [0.1, 0.15) is 4.70 Å². The van der Waals surface area contributed by atoms with Crippen LogP contribution in [0, 0.1) is 5.92 Å². The zero-order chi connectivity index (χ0) is 16.8. The lowest BCUT2D eigenvalue weighted by atomic mass is 10.2. The lowest BCUT2D eigenvalue weighted by Crippen LogP contribution is -2.37. The maximum absolute atomic E-state index is 12.8. The van der Waals surface area contributed by atoms with Gasteiger partial charge in [0.2, 0.25) is 5.91 Å². The molecule has 9 heteroatoms. The fourth-order valence-electron chi connectivity index (χ4n) is 3.10. The second-order valence-electron chi connectivity index (χ2n) is 6.38. The van der Waals surface area contributed by atoms with Gasteiger partial charge < -0.3 is 15.3 Å². The Balaban J connectivity index is 1.64. The standard InChI is InChI=1S/C15H19N5O3S/c1-19-12-11(24-15(16-12)17-13(22)8-4-5-8)10(18-19)14(23)20-6-2-3-9(20)7-21/h8-9,21H,2-7H2,1H3,(H,16,17,22)/t9-/m0/s1. The molecule has 2 N–H and O–H groups in total. The zero-order valence-corrected chi connectivity index (χ0v) is 14.2. The number of anilines is 1. The van der Waals surface area contributed by atoms with Crippen molar-refractivity contribution in [3.8, 4) is 0 Å². The van der Waals surface area contributed by atoms with Gasteiger partial charge in [-0.05, 0) is 25.7 Å². The molecular weight excluding hydrogens is 330 g/mol. The number of aliphatic hydroxyl groups is 1. The van der Waals surface area contributed by atoms with Gasteiger partial charge in [0.05, 0.1) is 12.6 Å². The summed E-state index contributed by atoms with van der Waals surface area (Å²) in [6.45, 7) is 0.597. The molecule has 2 aromatic heterocycles. The maximum Gasteiger partial charge on any atom is 0.276 e. The number of carbonyl (C=O) groups is 2. The summed E-state index contributed by atoms with van der Waals surface area (Å²) in [6, 6.07) is -0.142. The number of likely N-dealkylation sites (tertiary alicyclic amines) is 1. The van der Waals surface area contributed by atoms with Crippen molar-refractivity contribution in [2.24, 2.45) is 13.0 Å². The van der Waals surface area contributed by atoms with Gasteiger partial charge in [-0.3, -0.25) is 9.59 Å². The first-order chi connectivity index (χ1) is 11.6. The molecule has 2 aromatic rings. The Morgan fingerprint density at radius 3 is 2.88 bits per heavy atom. The van der Waals surface area contributed by atoms with Crippen molar-refractivity contribution in [3.05, 3.63) is 5.69 Å². The van der Waals surface area contributed by atoms with Gasteiger partial charge >= 0.3 is 0 Å². The van der Waals surface area contributed by atoms with Crippen molar-refractivity contribution in [2.75, 3.05) is 18.5 Å². The van der Waals surface area contributed by atoms with Crippen molar-refractivity contribution in [3.63, 3.8) is 0 Å². The summed E-state index contributed by atoms with van der Waals surface area (Å²) < 4.78 is 2.24. The van der Waals surface area contributed by atoms with Crippen molar-refractivity contribution >= 4 is 38.6 Å². The topological polar surface area (TPSA) is 100 Å². The molecule has 0 spiro atoms. The second-order valence-corrected chi connectivity index (χ2v) is 7.38. The van der Waals surface area contributed by atoms with Crippen LogP contribution in [0.15, 0.2) is 0 Å². The Morgan fingerprint density at radius 2 is 2.17 bits per heavy atom. The molecule has 2 aliphatic rings. The molecule has 0 unspecified atom stereocenters. The highest BCUT2D eigenvalue weighted by Gasteiger charge is 2.33. The van der Waals surface area contributed by atoms with E-state index in [0.717, 1.165) is 25.7 Å². The number of nitrogens with one attached hydrogen (secondary N) is 1. The third kappa shape index (κ3) is 2.57. The number of carbonyl (C=O) groups excluding carboxylic acids is 2. The quantitative estimate of drug-likeness (QED) is 0.857. The number of amides is 2. The summed E-state index contributed by atoms with van der Waals surface area (Å²) in [5, 5.41) is 17.1. The molecule has 3 heterocycles. The van der Waals surface area contributed by atoms with Gasteiger partial charge in [-0.1, -0.05) is 11.3 Å². The molecular formula is C15H19N5O3S. The Kier molecular flexibility index (Phi) is 3.76. The second kappa shape index (κ2) is 5.82. The Hall–Kier alpha value is -2.00. The van der Waals surface area contributed by atoms with E-state index >= 15 is 0 Å². The van der Waals surface area contributed by atoms with Crippen LogP contribution in [0.1, 0.15) is 36.2 Å². The first-order valence-electron chi connectivity index (χ1n) is 8.14. The van der Waals surface area contributed by atoms with E-state index in [9.17, 15) is 14.7 Å². The summed E-state index contributed by atoms with van der Waals surface area (Å²) in [5.74, 6) is -0.0817. The van der Waals surface area contributed by atoms with Crippen LogP contribution >= 0.6 is 11.3 Å². The molecule has 2 amide bonds. The van der Waals surface area contributed by atoms with Crippen LogP contribution in [0.2, 0.25) is 0 Å². The molecule has 8 nitrogen and oxygen atoms in total. The molecule has 128 valence electrons. The SMILES string of the molecule is Cn1nc(C(=O)N2CCC[C@H]2CO)c2sc(NC(=O)C3CC3)nc21. The summed E-state index contributed by atoms with van der Waals surface area (Å²) in [7, 11) is 1.73. The van der Waals surface area contributed by atoms with E-state index in [1.807, 2.05) is 0 Å². The van der Waals surface area contributed by atoms with Crippen LogP contribution in [0.25, 0.3) is 10.3 Å². The highest BCUT2D eigenvalue weighted by Crippen LogP contribution is 2.34. The minimum Gasteiger partial charge on any atom is -0.394 e. The first-order valence-corrected chi connectivity index (χ1v) is 8.96. The first kappa shape index (κ1) is 15.5. The van der Waals surface area contributed by atoms with Crippen LogP contribution in [0.4, 0.5) is 5.13 Å². The van der Waals surface area contributed by atoms with Crippen LogP contribution in [0.5, 0.6) is 0 Å². The third-order valence-corrected chi connectivity index (χ3v) is 5.58. The highest BCUT2D eigenvalue weighted by molar-refractivity contribution is 7.22. The normalized spacial score (nSPS) is 20.8. The minimum atomic E-state index is -0.180. The molecule has 1 aliphatic heterocycles. The van der Waals surface area contributed by atoms with Gasteiger partial charge in [-0.25, -0.2) is 4.68 Å². The van der Waals surface area contributed by atoms with Crippen LogP contribution in [-0.2, 0) is 11.8 Å². The predicted molar refractivity (Wildman–Crippen MR) is 88.9 cm³/mol. The van der Waals surface area contributed by atoms with Gasteiger partial charge in [0, 0.05) is 19.5 Å². The smallest absolute Gasteiger partial charge is 0.276 e.